The first-order valence-electron chi connectivity index (χ1n) is 3.71. The molecule has 0 amide bonds. The van der Waals surface area contributed by atoms with Crippen LogP contribution in [0.5, 0.6) is 0 Å². The second kappa shape index (κ2) is 10.9. The molecular weight excluding hydrogens is 110 g/mol. The summed E-state index contributed by atoms with van der Waals surface area (Å²) in [5.74, 6) is 0. The molecule has 0 aliphatic rings. The number of hydrogen-bond acceptors (Lipinski definition) is 1. The van der Waals surface area contributed by atoms with Gasteiger partial charge in [-0.05, 0) is 0 Å². The first-order chi connectivity index (χ1) is 3.91. The van der Waals surface area contributed by atoms with Crippen molar-refractivity contribution < 1.29 is 0 Å². The fraction of sp³-hybridized carbons (Fsp3) is 0.875. The minimum absolute atomic E-state index is 0. The zero-order valence-corrected chi connectivity index (χ0v) is 6.66. The maximum absolute atomic E-state index is 3.78. The average Bonchev–Trinajstić information content (AvgIpc) is 1.81. The highest BCUT2D eigenvalue weighted by molar-refractivity contribution is 4.43. The summed E-state index contributed by atoms with van der Waals surface area (Å²) in [4.78, 5) is 0. The quantitative estimate of drug-likeness (QED) is 0.569. The second-order valence-corrected chi connectivity index (χ2v) is 2.27. The Morgan fingerprint density at radius 1 is 1.00 bits per heavy atom. The van der Waals surface area contributed by atoms with Crippen molar-refractivity contribution in [1.29, 1.82) is 0 Å². The van der Waals surface area contributed by atoms with E-state index in [1.807, 2.05) is 0 Å². The fourth-order valence-corrected chi connectivity index (χ4v) is 0.780. The maximum Gasteiger partial charge on any atom is -0.0533 e. The van der Waals surface area contributed by atoms with E-state index in [-0.39, 0.29) is 6.15 Å². The molecule has 0 rings (SSSR count). The van der Waals surface area contributed by atoms with E-state index >= 15 is 0 Å². The molecule has 1 radical (unpaired) electrons. The molecule has 0 saturated carbocycles. The molecule has 0 saturated heterocycles. The molecule has 57 valence electrons. The van der Waals surface area contributed by atoms with Crippen molar-refractivity contribution in [2.24, 2.45) is 0 Å². The highest BCUT2D eigenvalue weighted by Crippen LogP contribution is 2.03. The van der Waals surface area contributed by atoms with Gasteiger partial charge in [-0.25, -0.2) is 0 Å². The Bertz CT molecular complexity index is 29.5. The molecule has 0 fully saturated rings. The summed E-state index contributed by atoms with van der Waals surface area (Å²) < 4.78 is 0. The Balaban J connectivity index is 0. The third-order valence-corrected chi connectivity index (χ3v) is 1.35. The summed E-state index contributed by atoms with van der Waals surface area (Å²) in [5, 5.41) is 0. The highest BCUT2D eigenvalue weighted by atomic mass is 14.0. The van der Waals surface area contributed by atoms with Gasteiger partial charge >= 0.3 is 0 Å². The van der Waals surface area contributed by atoms with Crippen molar-refractivity contribution in [3.8, 4) is 0 Å². The Labute approximate surface area is 59.4 Å². The normalized spacial score (nSPS) is 8.67. The zero-order valence-electron chi connectivity index (χ0n) is 6.66. The van der Waals surface area contributed by atoms with Crippen LogP contribution in [0.3, 0.4) is 0 Å². The number of hydrogen-bond donors (Lipinski definition) is 1. The van der Waals surface area contributed by atoms with Crippen molar-refractivity contribution in [3.05, 3.63) is 6.92 Å². The smallest absolute Gasteiger partial charge is 0.0533 e. The number of unbranched alkanes of at least 4 members (excludes halogenated alkanes) is 5. The highest BCUT2D eigenvalue weighted by Gasteiger charge is 1.83. The lowest BCUT2D eigenvalue weighted by Gasteiger charge is -1.93. The minimum Gasteiger partial charge on any atom is -0.344 e. The lowest BCUT2D eigenvalue weighted by atomic mass is 10.1. The summed E-state index contributed by atoms with van der Waals surface area (Å²) in [5.41, 5.74) is 0. The molecule has 0 unspecified atom stereocenters. The summed E-state index contributed by atoms with van der Waals surface area (Å²) >= 11 is 0. The van der Waals surface area contributed by atoms with Gasteiger partial charge in [-0.15, -0.1) is 0 Å². The third-order valence-electron chi connectivity index (χ3n) is 1.35. The lowest BCUT2D eigenvalue weighted by Crippen LogP contribution is -1.74. The van der Waals surface area contributed by atoms with Crippen LogP contribution in [-0.2, 0) is 0 Å². The molecule has 0 aromatic heterocycles. The molecule has 9 heavy (non-hydrogen) atoms. The predicted octanol–water partition coefficient (Wildman–Crippen LogP) is 3.34. The molecule has 0 aromatic rings. The van der Waals surface area contributed by atoms with Crippen LogP contribution >= 0.6 is 0 Å². The van der Waals surface area contributed by atoms with Crippen LogP contribution in [0.15, 0.2) is 0 Å². The van der Waals surface area contributed by atoms with Crippen molar-refractivity contribution in [3.63, 3.8) is 0 Å². The first kappa shape index (κ1) is 11.7. The molecule has 1 heteroatoms. The molecule has 0 aliphatic heterocycles. The van der Waals surface area contributed by atoms with Gasteiger partial charge < -0.3 is 6.15 Å². The van der Waals surface area contributed by atoms with Gasteiger partial charge in [-0.2, -0.15) is 0 Å². The van der Waals surface area contributed by atoms with Gasteiger partial charge in [0.25, 0.3) is 0 Å². The van der Waals surface area contributed by atoms with Gasteiger partial charge in [-0.3, -0.25) is 0 Å². The molecule has 0 aliphatic carbocycles. The predicted molar refractivity (Wildman–Crippen MR) is 43.8 cm³/mol. The van der Waals surface area contributed by atoms with Gasteiger partial charge in [0.1, 0.15) is 0 Å². The Hall–Kier alpha value is -0.0400. The monoisotopic (exact) mass is 130 g/mol. The van der Waals surface area contributed by atoms with E-state index in [1.165, 1.54) is 32.1 Å². The third kappa shape index (κ3) is 11.5. The minimum atomic E-state index is 0. The Kier molecular flexibility index (Phi) is 14.1. The van der Waals surface area contributed by atoms with Gasteiger partial charge in [0.2, 0.25) is 0 Å². The van der Waals surface area contributed by atoms with Gasteiger partial charge in [0.05, 0.1) is 0 Å². The van der Waals surface area contributed by atoms with Crippen LogP contribution < -0.4 is 6.15 Å². The van der Waals surface area contributed by atoms with E-state index in [0.717, 1.165) is 6.42 Å². The van der Waals surface area contributed by atoms with Crippen LogP contribution in [-0.4, -0.2) is 0 Å². The van der Waals surface area contributed by atoms with Crippen molar-refractivity contribution in [2.45, 2.75) is 45.4 Å². The van der Waals surface area contributed by atoms with E-state index in [4.69, 9.17) is 0 Å². The number of rotatable bonds is 5. The van der Waals surface area contributed by atoms with E-state index < -0.39 is 0 Å². The molecule has 0 heterocycles. The average molecular weight is 130 g/mol. The van der Waals surface area contributed by atoms with Gasteiger partial charge in [0, 0.05) is 0 Å². The van der Waals surface area contributed by atoms with Crippen molar-refractivity contribution in [1.82, 2.24) is 6.15 Å². The second-order valence-electron chi connectivity index (χ2n) is 2.27. The van der Waals surface area contributed by atoms with Crippen molar-refractivity contribution >= 4 is 0 Å². The maximum atomic E-state index is 3.78. The van der Waals surface area contributed by atoms with Crippen LogP contribution in [0.4, 0.5) is 0 Å². The molecular formula is C8H20N. The summed E-state index contributed by atoms with van der Waals surface area (Å²) in [6.07, 6.45) is 7.98. The van der Waals surface area contributed by atoms with E-state index in [2.05, 4.69) is 13.8 Å². The van der Waals surface area contributed by atoms with E-state index in [0.29, 0.717) is 0 Å². The molecule has 0 bridgehead atoms. The van der Waals surface area contributed by atoms with Crippen LogP contribution in [0.25, 0.3) is 0 Å². The van der Waals surface area contributed by atoms with Crippen LogP contribution in [0.2, 0.25) is 0 Å². The largest absolute Gasteiger partial charge is 0.344 e. The first-order valence-corrected chi connectivity index (χ1v) is 3.71. The molecule has 0 aromatic carbocycles. The molecule has 1 nitrogen and oxygen atoms in total. The Morgan fingerprint density at radius 3 is 2.00 bits per heavy atom. The van der Waals surface area contributed by atoms with Crippen LogP contribution in [0.1, 0.15) is 45.4 Å². The van der Waals surface area contributed by atoms with Gasteiger partial charge in [0.15, 0.2) is 0 Å². The van der Waals surface area contributed by atoms with Crippen LogP contribution in [0, 0.1) is 6.92 Å². The molecule has 0 atom stereocenters. The zero-order chi connectivity index (χ0) is 6.24. The SMILES string of the molecule is N.[CH2]CCCCCCC. The van der Waals surface area contributed by atoms with Crippen molar-refractivity contribution in [2.75, 3.05) is 0 Å². The fourth-order valence-electron chi connectivity index (χ4n) is 0.780. The Morgan fingerprint density at radius 2 is 1.56 bits per heavy atom. The molecule has 0 spiro atoms. The summed E-state index contributed by atoms with van der Waals surface area (Å²) in [6.45, 7) is 6.02. The van der Waals surface area contributed by atoms with E-state index in [9.17, 15) is 0 Å². The van der Waals surface area contributed by atoms with Gasteiger partial charge in [-0.1, -0.05) is 52.4 Å². The topological polar surface area (TPSA) is 35.0 Å². The standard InChI is InChI=1S/C8H17.H3N/c1-3-5-7-8-6-4-2;/h1,3-8H2,2H3;1H3. The summed E-state index contributed by atoms with van der Waals surface area (Å²) in [7, 11) is 0. The summed E-state index contributed by atoms with van der Waals surface area (Å²) in [6, 6.07) is 0. The lowest BCUT2D eigenvalue weighted by molar-refractivity contribution is 0.637. The molecule has 3 N–H and O–H groups in total. The van der Waals surface area contributed by atoms with E-state index in [1.54, 1.807) is 0 Å².